The van der Waals surface area contributed by atoms with Crippen molar-refractivity contribution in [1.29, 1.82) is 0 Å². The summed E-state index contributed by atoms with van der Waals surface area (Å²) in [6.07, 6.45) is 0. The van der Waals surface area contributed by atoms with Crippen molar-refractivity contribution in [1.82, 2.24) is 15.0 Å². The van der Waals surface area contributed by atoms with E-state index in [1.54, 1.807) is 25.1 Å². The Balaban J connectivity index is 2.53. The van der Waals surface area contributed by atoms with Gasteiger partial charge in [0.25, 0.3) is 5.91 Å². The van der Waals surface area contributed by atoms with Crippen LogP contribution in [0.5, 0.6) is 0 Å². The number of hydrogen-bond acceptors (Lipinski definition) is 3. The number of aromatic nitrogens is 3. The van der Waals surface area contributed by atoms with Crippen LogP contribution < -0.4 is 5.73 Å². The van der Waals surface area contributed by atoms with Gasteiger partial charge in [0.1, 0.15) is 0 Å². The second-order valence-electron chi connectivity index (χ2n) is 3.42. The number of carbonyl (C=O) groups is 1. The topological polar surface area (TPSA) is 73.8 Å². The van der Waals surface area contributed by atoms with Crippen LogP contribution in [0.4, 0.5) is 0 Å². The number of carbonyl (C=O) groups excluding carboxylic acids is 1. The molecule has 5 nitrogen and oxygen atoms in total. The molecular formula is C10H8Cl2N4O. The van der Waals surface area contributed by atoms with Gasteiger partial charge in [-0.05, 0) is 25.1 Å². The summed E-state index contributed by atoms with van der Waals surface area (Å²) in [4.78, 5) is 12.3. The van der Waals surface area contributed by atoms with E-state index in [0.29, 0.717) is 21.4 Å². The lowest BCUT2D eigenvalue weighted by molar-refractivity contribution is 0.0994. The standard InChI is InChI=1S/C10H8Cl2N4O/c1-5-9(10(13)17)15-16(14-5)8-3-6(11)2-7(12)4-8/h2-4H,1H3,(H2,13,17). The highest BCUT2D eigenvalue weighted by Crippen LogP contribution is 2.21. The van der Waals surface area contributed by atoms with Crippen LogP contribution in [0.2, 0.25) is 10.0 Å². The molecule has 2 aromatic rings. The molecule has 1 amide bonds. The Morgan fingerprint density at radius 2 is 1.82 bits per heavy atom. The maximum absolute atomic E-state index is 11.1. The van der Waals surface area contributed by atoms with Crippen LogP contribution >= 0.6 is 23.2 Å². The fourth-order valence-electron chi connectivity index (χ4n) is 1.38. The van der Waals surface area contributed by atoms with E-state index in [1.807, 2.05) is 0 Å². The molecule has 0 aliphatic rings. The van der Waals surface area contributed by atoms with Crippen molar-refractivity contribution >= 4 is 29.1 Å². The average Bonchev–Trinajstić information content (AvgIpc) is 2.59. The Hall–Kier alpha value is -1.59. The Kier molecular flexibility index (Phi) is 3.04. The summed E-state index contributed by atoms with van der Waals surface area (Å²) in [5, 5.41) is 8.97. The lowest BCUT2D eigenvalue weighted by Gasteiger charge is -2.00. The Labute approximate surface area is 107 Å². The molecule has 0 spiro atoms. The van der Waals surface area contributed by atoms with E-state index in [1.165, 1.54) is 4.80 Å². The summed E-state index contributed by atoms with van der Waals surface area (Å²) in [7, 11) is 0. The van der Waals surface area contributed by atoms with Crippen LogP contribution in [-0.2, 0) is 0 Å². The molecule has 0 unspecified atom stereocenters. The predicted molar refractivity (Wildman–Crippen MR) is 64.6 cm³/mol. The van der Waals surface area contributed by atoms with Gasteiger partial charge in [0.05, 0.1) is 11.4 Å². The van der Waals surface area contributed by atoms with Crippen molar-refractivity contribution < 1.29 is 4.79 Å². The molecule has 0 saturated carbocycles. The maximum Gasteiger partial charge on any atom is 0.271 e. The minimum Gasteiger partial charge on any atom is -0.364 e. The van der Waals surface area contributed by atoms with Crippen LogP contribution in [0.15, 0.2) is 18.2 Å². The molecule has 0 aliphatic heterocycles. The van der Waals surface area contributed by atoms with Crippen LogP contribution in [0.25, 0.3) is 5.69 Å². The van der Waals surface area contributed by atoms with Gasteiger partial charge in [-0.2, -0.15) is 9.90 Å². The van der Waals surface area contributed by atoms with Gasteiger partial charge in [0, 0.05) is 10.0 Å². The largest absolute Gasteiger partial charge is 0.364 e. The first-order valence-corrected chi connectivity index (χ1v) is 5.43. The summed E-state index contributed by atoms with van der Waals surface area (Å²) < 4.78 is 0. The lowest BCUT2D eigenvalue weighted by Crippen LogP contribution is -2.13. The molecule has 2 rings (SSSR count). The number of primary amides is 1. The zero-order chi connectivity index (χ0) is 12.6. The van der Waals surface area contributed by atoms with Gasteiger partial charge in [-0.25, -0.2) is 0 Å². The van der Waals surface area contributed by atoms with Gasteiger partial charge in [-0.15, -0.1) is 5.10 Å². The third kappa shape index (κ3) is 2.40. The molecule has 2 N–H and O–H groups in total. The number of hydrogen-bond donors (Lipinski definition) is 1. The number of benzene rings is 1. The predicted octanol–water partition coefficient (Wildman–Crippen LogP) is 1.98. The molecule has 0 aliphatic carbocycles. The normalized spacial score (nSPS) is 10.5. The minimum absolute atomic E-state index is 0.126. The zero-order valence-electron chi connectivity index (χ0n) is 8.82. The Bertz CT molecular complexity index is 574. The van der Waals surface area contributed by atoms with Gasteiger partial charge in [-0.3, -0.25) is 4.79 Å². The summed E-state index contributed by atoms with van der Waals surface area (Å²) in [6.45, 7) is 1.65. The molecule has 7 heteroatoms. The molecule has 88 valence electrons. The first-order chi connectivity index (χ1) is 7.97. The van der Waals surface area contributed by atoms with Crippen molar-refractivity contribution in [2.24, 2.45) is 5.73 Å². The number of aryl methyl sites for hydroxylation is 1. The Morgan fingerprint density at radius 3 is 2.29 bits per heavy atom. The zero-order valence-corrected chi connectivity index (χ0v) is 10.3. The minimum atomic E-state index is -0.623. The highest BCUT2D eigenvalue weighted by molar-refractivity contribution is 6.34. The quantitative estimate of drug-likeness (QED) is 0.907. The molecule has 17 heavy (non-hydrogen) atoms. The molecule has 1 aromatic carbocycles. The molecule has 0 radical (unpaired) electrons. The van der Waals surface area contributed by atoms with E-state index in [0.717, 1.165) is 0 Å². The number of halogens is 2. The summed E-state index contributed by atoms with van der Waals surface area (Å²) in [6, 6.07) is 4.87. The molecule has 1 aromatic heterocycles. The fourth-order valence-corrected chi connectivity index (χ4v) is 1.89. The number of nitrogens with two attached hydrogens (primary N) is 1. The number of amides is 1. The highest BCUT2D eigenvalue weighted by Gasteiger charge is 2.13. The smallest absolute Gasteiger partial charge is 0.271 e. The molecule has 0 saturated heterocycles. The van der Waals surface area contributed by atoms with Crippen molar-refractivity contribution in [2.45, 2.75) is 6.92 Å². The lowest BCUT2D eigenvalue weighted by atomic mass is 10.3. The van der Waals surface area contributed by atoms with E-state index in [2.05, 4.69) is 10.2 Å². The molecule has 0 fully saturated rings. The van der Waals surface area contributed by atoms with Crippen LogP contribution in [-0.4, -0.2) is 20.9 Å². The van der Waals surface area contributed by atoms with Crippen molar-refractivity contribution in [2.75, 3.05) is 0 Å². The third-order valence-corrected chi connectivity index (χ3v) is 2.53. The number of rotatable bonds is 2. The van der Waals surface area contributed by atoms with Gasteiger partial charge < -0.3 is 5.73 Å². The van der Waals surface area contributed by atoms with Gasteiger partial charge in [0.15, 0.2) is 5.69 Å². The summed E-state index contributed by atoms with van der Waals surface area (Å²) >= 11 is 11.7. The van der Waals surface area contributed by atoms with Crippen molar-refractivity contribution in [3.8, 4) is 5.69 Å². The first-order valence-electron chi connectivity index (χ1n) is 4.67. The SMILES string of the molecule is Cc1nn(-c2cc(Cl)cc(Cl)c2)nc1C(N)=O. The van der Waals surface area contributed by atoms with Crippen LogP contribution in [0, 0.1) is 6.92 Å². The fraction of sp³-hybridized carbons (Fsp3) is 0.100. The van der Waals surface area contributed by atoms with E-state index in [-0.39, 0.29) is 5.69 Å². The monoisotopic (exact) mass is 270 g/mol. The van der Waals surface area contributed by atoms with Gasteiger partial charge in [0.2, 0.25) is 0 Å². The summed E-state index contributed by atoms with van der Waals surface area (Å²) in [5.41, 5.74) is 6.31. The average molecular weight is 271 g/mol. The van der Waals surface area contributed by atoms with Crippen molar-refractivity contribution in [3.63, 3.8) is 0 Å². The van der Waals surface area contributed by atoms with E-state index >= 15 is 0 Å². The van der Waals surface area contributed by atoms with E-state index in [9.17, 15) is 4.79 Å². The number of nitrogens with zero attached hydrogens (tertiary/aromatic N) is 3. The van der Waals surface area contributed by atoms with Crippen LogP contribution in [0.1, 0.15) is 16.2 Å². The third-order valence-electron chi connectivity index (χ3n) is 2.09. The van der Waals surface area contributed by atoms with Gasteiger partial charge in [-0.1, -0.05) is 23.2 Å². The molecule has 1 heterocycles. The van der Waals surface area contributed by atoms with E-state index in [4.69, 9.17) is 28.9 Å². The second kappa shape index (κ2) is 4.35. The molecule has 0 bridgehead atoms. The van der Waals surface area contributed by atoms with E-state index < -0.39 is 5.91 Å². The highest BCUT2D eigenvalue weighted by atomic mass is 35.5. The first kappa shape index (κ1) is 11.9. The summed E-state index contributed by atoms with van der Waals surface area (Å²) in [5.74, 6) is -0.623. The Morgan fingerprint density at radius 1 is 1.24 bits per heavy atom. The second-order valence-corrected chi connectivity index (χ2v) is 4.29. The molecule has 0 atom stereocenters. The van der Waals surface area contributed by atoms with Gasteiger partial charge >= 0.3 is 0 Å². The maximum atomic E-state index is 11.1. The van der Waals surface area contributed by atoms with Crippen LogP contribution in [0.3, 0.4) is 0 Å². The van der Waals surface area contributed by atoms with Crippen molar-refractivity contribution in [3.05, 3.63) is 39.6 Å². The molecular weight excluding hydrogens is 263 g/mol.